The van der Waals surface area contributed by atoms with Crippen molar-refractivity contribution in [3.8, 4) is 11.4 Å². The average Bonchev–Trinajstić information content (AvgIpc) is 2.64. The van der Waals surface area contributed by atoms with Crippen molar-refractivity contribution in [3.05, 3.63) is 22.7 Å². The molecule has 16 heavy (non-hydrogen) atoms. The Kier molecular flexibility index (Phi) is 3.28. The number of aryl methyl sites for hydroxylation is 2. The summed E-state index contributed by atoms with van der Waals surface area (Å²) in [6.45, 7) is 2.11. The summed E-state index contributed by atoms with van der Waals surface area (Å²) >= 11 is 3.39. The van der Waals surface area contributed by atoms with Crippen LogP contribution in [0.1, 0.15) is 19.2 Å². The molecule has 5 nitrogen and oxygen atoms in total. The molecular weight excluding hydrogens is 270 g/mol. The molecule has 0 aliphatic heterocycles. The van der Waals surface area contributed by atoms with Gasteiger partial charge in [0.05, 0.1) is 11.9 Å². The van der Waals surface area contributed by atoms with Gasteiger partial charge in [-0.25, -0.2) is 14.6 Å². The summed E-state index contributed by atoms with van der Waals surface area (Å²) in [5, 5.41) is 7.73. The highest BCUT2D eigenvalue weighted by Crippen LogP contribution is 2.18. The Morgan fingerprint density at radius 2 is 2.19 bits per heavy atom. The maximum absolute atomic E-state index is 4.48. The molecule has 2 aromatic heterocycles. The highest BCUT2D eigenvalue weighted by Gasteiger charge is 2.08. The molecule has 0 atom stereocenters. The molecule has 2 heterocycles. The molecule has 84 valence electrons. The molecule has 0 amide bonds. The van der Waals surface area contributed by atoms with Crippen LogP contribution in [-0.2, 0) is 13.5 Å². The molecule has 0 aromatic carbocycles. The minimum Gasteiger partial charge on any atom is -0.246 e. The van der Waals surface area contributed by atoms with Crippen LogP contribution in [-0.4, -0.2) is 25.0 Å². The number of halogens is 1. The van der Waals surface area contributed by atoms with Crippen molar-refractivity contribution in [2.75, 3.05) is 0 Å². The van der Waals surface area contributed by atoms with Gasteiger partial charge in [-0.3, -0.25) is 0 Å². The molecular formula is C10H12BrN5. The van der Waals surface area contributed by atoms with Gasteiger partial charge in [0.25, 0.3) is 0 Å². The molecule has 0 spiro atoms. The second kappa shape index (κ2) is 4.69. The average molecular weight is 282 g/mol. The van der Waals surface area contributed by atoms with E-state index in [9.17, 15) is 0 Å². The first-order chi connectivity index (χ1) is 7.70. The van der Waals surface area contributed by atoms with E-state index in [4.69, 9.17) is 0 Å². The van der Waals surface area contributed by atoms with Crippen LogP contribution in [0.4, 0.5) is 0 Å². The van der Waals surface area contributed by atoms with E-state index in [1.807, 2.05) is 13.1 Å². The van der Waals surface area contributed by atoms with Gasteiger partial charge in [-0.1, -0.05) is 12.1 Å². The van der Waals surface area contributed by atoms with Gasteiger partial charge in [-0.15, -0.1) is 5.10 Å². The predicted molar refractivity (Wildman–Crippen MR) is 63.7 cm³/mol. The number of nitrogens with zero attached hydrogens (tertiary/aromatic N) is 5. The maximum atomic E-state index is 4.48. The molecule has 0 N–H and O–H groups in total. The normalized spacial score (nSPS) is 10.7. The zero-order valence-corrected chi connectivity index (χ0v) is 10.8. The standard InChI is InChI=1S/C10H12BrN5/c1-3-4-10-13-7(5-9(11)14-10)8-6-12-15-16(8)2/h5-6H,3-4H2,1-2H3. The molecule has 0 unspecified atom stereocenters. The maximum Gasteiger partial charge on any atom is 0.130 e. The fourth-order valence-corrected chi connectivity index (χ4v) is 1.87. The van der Waals surface area contributed by atoms with E-state index in [2.05, 4.69) is 43.1 Å². The molecule has 6 heteroatoms. The van der Waals surface area contributed by atoms with E-state index in [1.54, 1.807) is 10.9 Å². The molecule has 0 saturated heterocycles. The van der Waals surface area contributed by atoms with Gasteiger partial charge in [-0.05, 0) is 28.4 Å². The molecule has 0 fully saturated rings. The van der Waals surface area contributed by atoms with Crippen molar-refractivity contribution in [1.82, 2.24) is 25.0 Å². The highest BCUT2D eigenvalue weighted by atomic mass is 79.9. The van der Waals surface area contributed by atoms with Crippen LogP contribution >= 0.6 is 15.9 Å². The van der Waals surface area contributed by atoms with Crippen LogP contribution in [0.3, 0.4) is 0 Å². The Labute approximate surface area is 102 Å². The summed E-state index contributed by atoms with van der Waals surface area (Å²) in [6.07, 6.45) is 3.60. The minimum atomic E-state index is 0.794. The lowest BCUT2D eigenvalue weighted by Crippen LogP contribution is -2.00. The molecule has 0 bridgehead atoms. The van der Waals surface area contributed by atoms with Crippen molar-refractivity contribution >= 4 is 15.9 Å². The lowest BCUT2D eigenvalue weighted by molar-refractivity contribution is 0.717. The van der Waals surface area contributed by atoms with Crippen molar-refractivity contribution in [3.63, 3.8) is 0 Å². The van der Waals surface area contributed by atoms with E-state index in [0.29, 0.717) is 0 Å². The van der Waals surface area contributed by atoms with Crippen molar-refractivity contribution in [2.45, 2.75) is 19.8 Å². The molecule has 0 saturated carbocycles. The first kappa shape index (κ1) is 11.2. The summed E-state index contributed by atoms with van der Waals surface area (Å²) < 4.78 is 2.49. The lowest BCUT2D eigenvalue weighted by Gasteiger charge is -2.03. The highest BCUT2D eigenvalue weighted by molar-refractivity contribution is 9.10. The van der Waals surface area contributed by atoms with Crippen LogP contribution in [0.15, 0.2) is 16.9 Å². The van der Waals surface area contributed by atoms with Gasteiger partial charge in [-0.2, -0.15) is 0 Å². The van der Waals surface area contributed by atoms with Gasteiger partial charge in [0.1, 0.15) is 16.1 Å². The Hall–Kier alpha value is -1.30. The van der Waals surface area contributed by atoms with Gasteiger partial charge < -0.3 is 0 Å². The third kappa shape index (κ3) is 2.27. The van der Waals surface area contributed by atoms with E-state index in [1.165, 1.54) is 0 Å². The quantitative estimate of drug-likeness (QED) is 0.808. The van der Waals surface area contributed by atoms with Gasteiger partial charge in [0.15, 0.2) is 0 Å². The summed E-state index contributed by atoms with van der Waals surface area (Å²) in [5.41, 5.74) is 1.73. The van der Waals surface area contributed by atoms with Crippen molar-refractivity contribution in [2.24, 2.45) is 7.05 Å². The number of aromatic nitrogens is 5. The van der Waals surface area contributed by atoms with Gasteiger partial charge in [0.2, 0.25) is 0 Å². The Bertz CT molecular complexity index is 494. The van der Waals surface area contributed by atoms with Crippen LogP contribution in [0, 0.1) is 0 Å². The Morgan fingerprint density at radius 3 is 2.81 bits per heavy atom. The Morgan fingerprint density at radius 1 is 1.38 bits per heavy atom. The van der Waals surface area contributed by atoms with Crippen molar-refractivity contribution in [1.29, 1.82) is 0 Å². The molecule has 2 rings (SSSR count). The number of rotatable bonds is 3. The van der Waals surface area contributed by atoms with Gasteiger partial charge in [0, 0.05) is 13.5 Å². The minimum absolute atomic E-state index is 0.794. The zero-order chi connectivity index (χ0) is 11.5. The van der Waals surface area contributed by atoms with Crippen LogP contribution in [0.2, 0.25) is 0 Å². The Balaban J connectivity index is 2.45. The largest absolute Gasteiger partial charge is 0.246 e. The third-order valence-corrected chi connectivity index (χ3v) is 2.60. The van der Waals surface area contributed by atoms with Crippen LogP contribution in [0.25, 0.3) is 11.4 Å². The summed E-state index contributed by atoms with van der Waals surface area (Å²) in [4.78, 5) is 8.80. The summed E-state index contributed by atoms with van der Waals surface area (Å²) in [5.74, 6) is 0.841. The van der Waals surface area contributed by atoms with E-state index in [-0.39, 0.29) is 0 Å². The smallest absolute Gasteiger partial charge is 0.130 e. The number of hydrogen-bond donors (Lipinski definition) is 0. The summed E-state index contributed by atoms with van der Waals surface area (Å²) in [7, 11) is 1.85. The van der Waals surface area contributed by atoms with Gasteiger partial charge >= 0.3 is 0 Å². The predicted octanol–water partition coefficient (Wildman–Crippen LogP) is 1.99. The molecule has 0 radical (unpaired) electrons. The van der Waals surface area contributed by atoms with E-state index in [0.717, 1.165) is 34.7 Å². The van der Waals surface area contributed by atoms with Crippen molar-refractivity contribution < 1.29 is 0 Å². The molecule has 0 aliphatic rings. The summed E-state index contributed by atoms with van der Waals surface area (Å²) in [6, 6.07) is 1.87. The topological polar surface area (TPSA) is 56.5 Å². The van der Waals surface area contributed by atoms with E-state index < -0.39 is 0 Å². The van der Waals surface area contributed by atoms with Crippen LogP contribution in [0.5, 0.6) is 0 Å². The monoisotopic (exact) mass is 281 g/mol. The first-order valence-electron chi connectivity index (χ1n) is 5.09. The zero-order valence-electron chi connectivity index (χ0n) is 9.18. The third-order valence-electron chi connectivity index (χ3n) is 2.19. The second-order valence-electron chi connectivity index (χ2n) is 3.48. The molecule has 2 aromatic rings. The second-order valence-corrected chi connectivity index (χ2v) is 4.30. The molecule has 0 aliphatic carbocycles. The fourth-order valence-electron chi connectivity index (χ4n) is 1.45. The SMILES string of the molecule is CCCc1nc(Br)cc(-c2cnnn2C)n1. The number of hydrogen-bond acceptors (Lipinski definition) is 4. The fraction of sp³-hybridized carbons (Fsp3) is 0.400. The van der Waals surface area contributed by atoms with Crippen LogP contribution < -0.4 is 0 Å². The lowest BCUT2D eigenvalue weighted by atomic mass is 10.3. The first-order valence-corrected chi connectivity index (χ1v) is 5.88. The van der Waals surface area contributed by atoms with E-state index >= 15 is 0 Å².